The van der Waals surface area contributed by atoms with E-state index in [2.05, 4.69) is 15.3 Å². The van der Waals surface area contributed by atoms with Crippen molar-refractivity contribution in [2.75, 3.05) is 20.8 Å². The maximum absolute atomic E-state index is 13.3. The lowest BCUT2D eigenvalue weighted by molar-refractivity contribution is 0.0525. The Hall–Kier alpha value is -3.75. The molecule has 0 bridgehead atoms. The number of aryl methyl sites for hydroxylation is 2. The lowest BCUT2D eigenvalue weighted by atomic mass is 10.0. The number of aromatic amines is 1. The second kappa shape index (κ2) is 9.59. The van der Waals surface area contributed by atoms with Gasteiger partial charge in [-0.3, -0.25) is 4.79 Å². The highest BCUT2D eigenvalue weighted by Crippen LogP contribution is 2.30. The fourth-order valence-electron chi connectivity index (χ4n) is 3.64. The number of hydrogen-bond acceptors (Lipinski definition) is 6. The molecule has 2 aromatic heterocycles. The van der Waals surface area contributed by atoms with Crippen LogP contribution in [-0.2, 0) is 11.8 Å². The Morgan fingerprint density at radius 3 is 2.34 bits per heavy atom. The second-order valence-corrected chi connectivity index (χ2v) is 7.29. The van der Waals surface area contributed by atoms with Crippen LogP contribution in [0.5, 0.6) is 11.5 Å². The van der Waals surface area contributed by atoms with E-state index in [4.69, 9.17) is 14.2 Å². The summed E-state index contributed by atoms with van der Waals surface area (Å²) in [7, 11) is 4.98. The minimum Gasteiger partial charge on any atom is -0.497 e. The molecule has 0 saturated carbocycles. The van der Waals surface area contributed by atoms with E-state index in [-0.39, 0.29) is 12.5 Å². The largest absolute Gasteiger partial charge is 0.497 e. The van der Waals surface area contributed by atoms with Crippen LogP contribution in [0.2, 0.25) is 0 Å². The van der Waals surface area contributed by atoms with Crippen molar-refractivity contribution in [1.29, 1.82) is 0 Å². The quantitative estimate of drug-likeness (QED) is 0.521. The molecule has 2 heterocycles. The van der Waals surface area contributed by atoms with Gasteiger partial charge in [-0.05, 0) is 44.0 Å². The zero-order valence-electron chi connectivity index (χ0n) is 19.1. The zero-order valence-corrected chi connectivity index (χ0v) is 19.1. The number of amides is 1. The lowest BCUT2D eigenvalue weighted by Gasteiger charge is -2.20. The molecule has 0 aliphatic carbocycles. The summed E-state index contributed by atoms with van der Waals surface area (Å²) in [5, 5.41) is 3.03. The Kier molecular flexibility index (Phi) is 6.87. The topological polar surface area (TPSA) is 107 Å². The highest BCUT2D eigenvalue weighted by Gasteiger charge is 2.27. The first-order chi connectivity index (χ1) is 15.3. The molecule has 0 saturated heterocycles. The van der Waals surface area contributed by atoms with Gasteiger partial charge in [-0.25, -0.2) is 9.78 Å². The number of ether oxygens (including phenoxy) is 3. The van der Waals surface area contributed by atoms with Crippen LogP contribution in [-0.4, -0.2) is 47.2 Å². The van der Waals surface area contributed by atoms with E-state index in [1.54, 1.807) is 53.5 Å². The molecular formula is C23H28N4O5. The number of aromatic nitrogens is 3. The summed E-state index contributed by atoms with van der Waals surface area (Å²) in [5.74, 6) is 0.959. The van der Waals surface area contributed by atoms with Crippen molar-refractivity contribution in [3.8, 4) is 11.5 Å². The molecule has 0 fully saturated rings. The molecule has 1 atom stereocenters. The number of rotatable bonds is 8. The first-order valence-corrected chi connectivity index (χ1v) is 10.2. The van der Waals surface area contributed by atoms with Crippen molar-refractivity contribution in [2.24, 2.45) is 7.05 Å². The van der Waals surface area contributed by atoms with Gasteiger partial charge in [0.25, 0.3) is 5.91 Å². The van der Waals surface area contributed by atoms with Gasteiger partial charge in [0.15, 0.2) is 0 Å². The number of imidazole rings is 1. The number of nitrogens with zero attached hydrogens (tertiary/aromatic N) is 2. The highest BCUT2D eigenvalue weighted by atomic mass is 16.5. The molecule has 9 heteroatoms. The molecule has 0 spiro atoms. The van der Waals surface area contributed by atoms with Crippen LogP contribution < -0.4 is 14.8 Å². The Balaban J connectivity index is 2.02. The minimum absolute atomic E-state index is 0.253. The Morgan fingerprint density at radius 1 is 1.16 bits per heavy atom. The average molecular weight is 441 g/mol. The molecule has 0 unspecified atom stereocenters. The number of esters is 1. The number of H-pyrrole nitrogens is 1. The van der Waals surface area contributed by atoms with E-state index in [1.807, 2.05) is 23.7 Å². The highest BCUT2D eigenvalue weighted by molar-refractivity contribution is 6.00. The van der Waals surface area contributed by atoms with Crippen LogP contribution in [0.15, 0.2) is 30.6 Å². The monoisotopic (exact) mass is 440 g/mol. The molecular weight excluding hydrogens is 412 g/mol. The Labute approximate surface area is 186 Å². The fourth-order valence-corrected chi connectivity index (χ4v) is 3.64. The molecule has 0 aliphatic heterocycles. The van der Waals surface area contributed by atoms with Gasteiger partial charge in [0.2, 0.25) is 0 Å². The van der Waals surface area contributed by atoms with Crippen LogP contribution >= 0.6 is 0 Å². The molecule has 3 aromatic rings. The molecule has 0 radical (unpaired) electrons. The lowest BCUT2D eigenvalue weighted by Crippen LogP contribution is -2.32. The maximum atomic E-state index is 13.3. The number of methoxy groups -OCH3 is 2. The minimum atomic E-state index is -0.597. The second-order valence-electron chi connectivity index (χ2n) is 7.29. The van der Waals surface area contributed by atoms with Gasteiger partial charge in [0.05, 0.1) is 26.4 Å². The van der Waals surface area contributed by atoms with Crippen LogP contribution in [0.3, 0.4) is 0 Å². The average Bonchev–Trinajstić information content (AvgIpc) is 3.33. The third-order valence-corrected chi connectivity index (χ3v) is 5.24. The molecule has 1 aromatic carbocycles. The molecule has 1 amide bonds. The first kappa shape index (κ1) is 22.9. The molecule has 3 rings (SSSR count). The number of nitrogens with one attached hydrogen (secondary N) is 2. The first-order valence-electron chi connectivity index (χ1n) is 10.2. The van der Waals surface area contributed by atoms with Crippen LogP contribution in [0, 0.1) is 13.8 Å². The van der Waals surface area contributed by atoms with Gasteiger partial charge in [0, 0.05) is 31.2 Å². The molecule has 170 valence electrons. The van der Waals surface area contributed by atoms with Crippen LogP contribution in [0.25, 0.3) is 0 Å². The fraction of sp³-hybridized carbons (Fsp3) is 0.348. The SMILES string of the molecule is CCOC(=O)c1c(C)[nH]c(C(=O)N[C@H](c2cc(OC)cc(OC)c2)c2nccn2C)c1C. The van der Waals surface area contributed by atoms with E-state index in [0.717, 1.165) is 5.56 Å². The molecule has 32 heavy (non-hydrogen) atoms. The summed E-state index contributed by atoms with van der Waals surface area (Å²) in [5.41, 5.74) is 2.49. The number of benzene rings is 1. The van der Waals surface area contributed by atoms with Crippen molar-refractivity contribution in [1.82, 2.24) is 19.9 Å². The summed E-state index contributed by atoms with van der Waals surface area (Å²) in [6.45, 7) is 5.44. The summed E-state index contributed by atoms with van der Waals surface area (Å²) in [4.78, 5) is 33.1. The van der Waals surface area contributed by atoms with Crippen molar-refractivity contribution >= 4 is 11.9 Å². The van der Waals surface area contributed by atoms with Crippen molar-refractivity contribution in [3.05, 3.63) is 64.5 Å². The van der Waals surface area contributed by atoms with Gasteiger partial charge in [-0.15, -0.1) is 0 Å². The molecule has 2 N–H and O–H groups in total. The number of carbonyl (C=O) groups excluding carboxylic acids is 2. The summed E-state index contributed by atoms with van der Waals surface area (Å²) in [6, 6.07) is 4.80. The normalized spacial score (nSPS) is 11.7. The zero-order chi connectivity index (χ0) is 23.4. The van der Waals surface area contributed by atoms with E-state index in [1.165, 1.54) is 0 Å². The third kappa shape index (κ3) is 4.46. The van der Waals surface area contributed by atoms with Gasteiger partial charge < -0.3 is 29.1 Å². The van der Waals surface area contributed by atoms with Crippen LogP contribution in [0.1, 0.15) is 56.5 Å². The van der Waals surface area contributed by atoms with Gasteiger partial charge in [0.1, 0.15) is 29.1 Å². The van der Waals surface area contributed by atoms with Gasteiger partial charge in [-0.2, -0.15) is 0 Å². The molecule has 9 nitrogen and oxygen atoms in total. The Bertz CT molecular complexity index is 1110. The van der Waals surface area contributed by atoms with E-state index in [0.29, 0.717) is 39.8 Å². The Morgan fingerprint density at radius 2 is 1.81 bits per heavy atom. The smallest absolute Gasteiger partial charge is 0.340 e. The predicted molar refractivity (Wildman–Crippen MR) is 118 cm³/mol. The molecule has 0 aliphatic rings. The van der Waals surface area contributed by atoms with E-state index >= 15 is 0 Å². The van der Waals surface area contributed by atoms with Crippen LogP contribution in [0.4, 0.5) is 0 Å². The van der Waals surface area contributed by atoms with E-state index < -0.39 is 12.0 Å². The summed E-state index contributed by atoms with van der Waals surface area (Å²) < 4.78 is 17.7. The van der Waals surface area contributed by atoms with Gasteiger partial charge >= 0.3 is 5.97 Å². The maximum Gasteiger partial charge on any atom is 0.340 e. The third-order valence-electron chi connectivity index (χ3n) is 5.24. The summed E-state index contributed by atoms with van der Waals surface area (Å²) in [6.07, 6.45) is 3.46. The predicted octanol–water partition coefficient (Wildman–Crippen LogP) is 3.08. The van der Waals surface area contributed by atoms with Crippen molar-refractivity contribution < 1.29 is 23.8 Å². The number of hydrogen-bond donors (Lipinski definition) is 2. The van der Waals surface area contributed by atoms with Crippen molar-refractivity contribution in [3.63, 3.8) is 0 Å². The van der Waals surface area contributed by atoms with Crippen molar-refractivity contribution in [2.45, 2.75) is 26.8 Å². The number of carbonyl (C=O) groups is 2. The van der Waals surface area contributed by atoms with Gasteiger partial charge in [-0.1, -0.05) is 0 Å². The van der Waals surface area contributed by atoms with E-state index in [9.17, 15) is 9.59 Å². The summed E-state index contributed by atoms with van der Waals surface area (Å²) >= 11 is 0. The standard InChI is InChI=1S/C23H28N4O5/c1-7-32-23(29)18-13(2)19(25-14(18)3)22(28)26-20(21-24-8-9-27(21)4)15-10-16(30-5)12-17(11-15)31-6/h8-12,20,25H,7H2,1-6H3,(H,26,28)/t20-/m1/s1.